The summed E-state index contributed by atoms with van der Waals surface area (Å²) in [5.74, 6) is 0.703. The summed E-state index contributed by atoms with van der Waals surface area (Å²) in [6.07, 6.45) is 3.94. The summed E-state index contributed by atoms with van der Waals surface area (Å²) in [4.78, 5) is 23.7. The van der Waals surface area contributed by atoms with Gasteiger partial charge >= 0.3 is 0 Å². The van der Waals surface area contributed by atoms with Gasteiger partial charge < -0.3 is 9.47 Å². The maximum absolute atomic E-state index is 11.9. The first kappa shape index (κ1) is 12.8. The van der Waals surface area contributed by atoms with Gasteiger partial charge in [0.1, 0.15) is 0 Å². The first-order valence-corrected chi connectivity index (χ1v) is 6.74. The molecule has 1 aromatic carbocycles. The van der Waals surface area contributed by atoms with Crippen LogP contribution in [0.4, 0.5) is 0 Å². The summed E-state index contributed by atoms with van der Waals surface area (Å²) in [6, 6.07) is 4.90. The highest BCUT2D eigenvalue weighted by Crippen LogP contribution is 2.32. The van der Waals surface area contributed by atoms with Crippen molar-refractivity contribution in [2.24, 2.45) is 5.92 Å². The standard InChI is InChI=1S/C14H16N2O4/c17-13(9-3-1-2-4-9)15-16-14(18)10-5-6-11-12(7-10)20-8-19-11/h5-7,9H,1-4,8H2,(H,15,17)(H,16,18). The fraction of sp³-hybridized carbons (Fsp3) is 0.429. The van der Waals surface area contributed by atoms with Gasteiger partial charge in [0, 0.05) is 11.5 Å². The summed E-state index contributed by atoms with van der Waals surface area (Å²) in [6.45, 7) is 0.165. The first-order chi connectivity index (χ1) is 9.74. The Bertz CT molecular complexity index is 538. The minimum atomic E-state index is -0.366. The summed E-state index contributed by atoms with van der Waals surface area (Å²) in [7, 11) is 0. The van der Waals surface area contributed by atoms with Crippen LogP contribution in [0.1, 0.15) is 36.0 Å². The molecule has 1 saturated carbocycles. The number of nitrogens with one attached hydrogen (secondary N) is 2. The molecule has 0 atom stereocenters. The van der Waals surface area contributed by atoms with Gasteiger partial charge in [-0.25, -0.2) is 0 Å². The van der Waals surface area contributed by atoms with Gasteiger partial charge in [-0.15, -0.1) is 0 Å². The van der Waals surface area contributed by atoms with Crippen molar-refractivity contribution in [3.05, 3.63) is 23.8 Å². The number of carbonyl (C=O) groups is 2. The van der Waals surface area contributed by atoms with E-state index >= 15 is 0 Å². The Morgan fingerprint density at radius 3 is 2.60 bits per heavy atom. The lowest BCUT2D eigenvalue weighted by Crippen LogP contribution is -2.44. The molecule has 2 aliphatic rings. The van der Waals surface area contributed by atoms with E-state index in [1.807, 2.05) is 0 Å². The molecular formula is C14H16N2O4. The molecule has 0 bridgehead atoms. The van der Waals surface area contributed by atoms with E-state index in [2.05, 4.69) is 10.9 Å². The van der Waals surface area contributed by atoms with E-state index in [1.165, 1.54) is 0 Å². The lowest BCUT2D eigenvalue weighted by atomic mass is 10.1. The molecule has 6 nitrogen and oxygen atoms in total. The average Bonchev–Trinajstić information content (AvgIpc) is 3.13. The summed E-state index contributed by atoms with van der Waals surface area (Å²) in [5, 5.41) is 0. The highest BCUT2D eigenvalue weighted by Gasteiger charge is 2.23. The smallest absolute Gasteiger partial charge is 0.269 e. The molecule has 1 aliphatic carbocycles. The van der Waals surface area contributed by atoms with Crippen LogP contribution in [0.2, 0.25) is 0 Å². The van der Waals surface area contributed by atoms with Crippen molar-refractivity contribution in [1.82, 2.24) is 10.9 Å². The molecule has 6 heteroatoms. The van der Waals surface area contributed by atoms with Gasteiger partial charge in [0.05, 0.1) is 0 Å². The normalized spacial score (nSPS) is 17.0. The predicted molar refractivity (Wildman–Crippen MR) is 70.1 cm³/mol. The van der Waals surface area contributed by atoms with E-state index in [0.717, 1.165) is 25.7 Å². The molecule has 3 rings (SSSR count). The maximum atomic E-state index is 11.9. The van der Waals surface area contributed by atoms with Crippen molar-refractivity contribution < 1.29 is 19.1 Å². The van der Waals surface area contributed by atoms with Crippen molar-refractivity contribution >= 4 is 11.8 Å². The van der Waals surface area contributed by atoms with Crippen molar-refractivity contribution in [3.63, 3.8) is 0 Å². The van der Waals surface area contributed by atoms with Gasteiger partial charge in [0.25, 0.3) is 5.91 Å². The molecule has 2 N–H and O–H groups in total. The zero-order valence-corrected chi connectivity index (χ0v) is 11.0. The summed E-state index contributed by atoms with van der Waals surface area (Å²) in [5.41, 5.74) is 5.33. The van der Waals surface area contributed by atoms with Crippen LogP contribution in [0.3, 0.4) is 0 Å². The molecular weight excluding hydrogens is 260 g/mol. The molecule has 106 valence electrons. The maximum Gasteiger partial charge on any atom is 0.269 e. The molecule has 0 saturated heterocycles. The number of hydrogen-bond donors (Lipinski definition) is 2. The SMILES string of the molecule is O=C(NNC(=O)C1CCCC1)c1ccc2c(c1)OCO2. The molecule has 1 aromatic rings. The van der Waals surface area contributed by atoms with Crippen LogP contribution in [0.15, 0.2) is 18.2 Å². The number of hydrazine groups is 1. The lowest BCUT2D eigenvalue weighted by Gasteiger charge is -2.11. The van der Waals surface area contributed by atoms with Gasteiger partial charge in [-0.3, -0.25) is 20.4 Å². The third kappa shape index (κ3) is 2.54. The Labute approximate surface area is 116 Å². The van der Waals surface area contributed by atoms with Gasteiger partial charge in [0.15, 0.2) is 11.5 Å². The Hall–Kier alpha value is -2.24. The lowest BCUT2D eigenvalue weighted by molar-refractivity contribution is -0.125. The third-order valence-electron chi connectivity index (χ3n) is 3.66. The van der Waals surface area contributed by atoms with E-state index in [4.69, 9.17) is 9.47 Å². The largest absolute Gasteiger partial charge is 0.454 e. The Morgan fingerprint density at radius 2 is 1.80 bits per heavy atom. The van der Waals surface area contributed by atoms with E-state index < -0.39 is 0 Å². The fourth-order valence-electron chi connectivity index (χ4n) is 2.52. The first-order valence-electron chi connectivity index (χ1n) is 6.74. The molecule has 0 radical (unpaired) electrons. The molecule has 1 fully saturated rings. The van der Waals surface area contributed by atoms with Gasteiger partial charge in [0.2, 0.25) is 12.7 Å². The van der Waals surface area contributed by atoms with Crippen molar-refractivity contribution in [2.75, 3.05) is 6.79 Å². The van der Waals surface area contributed by atoms with E-state index in [-0.39, 0.29) is 24.5 Å². The number of benzene rings is 1. The average molecular weight is 276 g/mol. The van der Waals surface area contributed by atoms with Gasteiger partial charge in [-0.1, -0.05) is 12.8 Å². The minimum absolute atomic E-state index is 0.0204. The zero-order chi connectivity index (χ0) is 13.9. The van der Waals surface area contributed by atoms with Crippen molar-refractivity contribution in [3.8, 4) is 11.5 Å². The number of fused-ring (bicyclic) bond motifs is 1. The Balaban J connectivity index is 1.57. The van der Waals surface area contributed by atoms with Crippen LogP contribution in [0, 0.1) is 5.92 Å². The van der Waals surface area contributed by atoms with Crippen LogP contribution in [-0.4, -0.2) is 18.6 Å². The van der Waals surface area contributed by atoms with Crippen LogP contribution in [0.25, 0.3) is 0 Å². The van der Waals surface area contributed by atoms with Crippen LogP contribution in [-0.2, 0) is 4.79 Å². The van der Waals surface area contributed by atoms with Crippen LogP contribution < -0.4 is 20.3 Å². The van der Waals surface area contributed by atoms with Crippen LogP contribution >= 0.6 is 0 Å². The van der Waals surface area contributed by atoms with Crippen molar-refractivity contribution in [1.29, 1.82) is 0 Å². The topological polar surface area (TPSA) is 76.7 Å². The molecule has 0 unspecified atom stereocenters. The fourth-order valence-corrected chi connectivity index (χ4v) is 2.52. The highest BCUT2D eigenvalue weighted by molar-refractivity contribution is 5.96. The molecule has 2 amide bonds. The van der Waals surface area contributed by atoms with E-state index in [0.29, 0.717) is 17.1 Å². The van der Waals surface area contributed by atoms with E-state index in [9.17, 15) is 9.59 Å². The second-order valence-electron chi connectivity index (χ2n) is 4.99. The van der Waals surface area contributed by atoms with Crippen LogP contribution in [0.5, 0.6) is 11.5 Å². The number of rotatable bonds is 2. The van der Waals surface area contributed by atoms with Gasteiger partial charge in [-0.2, -0.15) is 0 Å². The molecule has 1 heterocycles. The number of amides is 2. The summed E-state index contributed by atoms with van der Waals surface area (Å²) < 4.78 is 10.4. The number of ether oxygens (including phenoxy) is 2. The molecule has 0 spiro atoms. The highest BCUT2D eigenvalue weighted by atomic mass is 16.7. The second kappa shape index (κ2) is 5.40. The Kier molecular flexibility index (Phi) is 3.45. The van der Waals surface area contributed by atoms with Gasteiger partial charge in [-0.05, 0) is 31.0 Å². The molecule has 20 heavy (non-hydrogen) atoms. The molecule has 0 aromatic heterocycles. The Morgan fingerprint density at radius 1 is 1.05 bits per heavy atom. The number of hydrogen-bond acceptors (Lipinski definition) is 4. The minimum Gasteiger partial charge on any atom is -0.454 e. The quantitative estimate of drug-likeness (QED) is 0.800. The van der Waals surface area contributed by atoms with E-state index in [1.54, 1.807) is 18.2 Å². The zero-order valence-electron chi connectivity index (χ0n) is 11.0. The summed E-state index contributed by atoms with van der Waals surface area (Å²) >= 11 is 0. The third-order valence-corrected chi connectivity index (χ3v) is 3.66. The van der Waals surface area contributed by atoms with Crippen molar-refractivity contribution in [2.45, 2.75) is 25.7 Å². The second-order valence-corrected chi connectivity index (χ2v) is 4.99. The number of carbonyl (C=O) groups excluding carboxylic acids is 2. The molecule has 1 aliphatic heterocycles. The predicted octanol–water partition coefficient (Wildman–Crippen LogP) is 1.37. The monoisotopic (exact) mass is 276 g/mol.